The van der Waals surface area contributed by atoms with Crippen molar-refractivity contribution in [1.29, 1.82) is 0 Å². The van der Waals surface area contributed by atoms with E-state index in [0.717, 1.165) is 66.9 Å². The summed E-state index contributed by atoms with van der Waals surface area (Å²) in [6, 6.07) is 25.6. The van der Waals surface area contributed by atoms with Crippen LogP contribution in [0.5, 0.6) is 11.5 Å². The van der Waals surface area contributed by atoms with Crippen molar-refractivity contribution in [3.63, 3.8) is 0 Å². The zero-order valence-corrected chi connectivity index (χ0v) is 26.3. The van der Waals surface area contributed by atoms with Crippen LogP contribution in [0.25, 0.3) is 55.4 Å². The van der Waals surface area contributed by atoms with E-state index >= 15 is 0 Å². The van der Waals surface area contributed by atoms with Crippen LogP contribution in [0, 0.1) is 0 Å². The molecule has 8 aromatic rings. The van der Waals surface area contributed by atoms with Crippen molar-refractivity contribution < 1.29 is 9.47 Å². The van der Waals surface area contributed by atoms with Gasteiger partial charge in [-0.3, -0.25) is 0 Å². The molecule has 0 fully saturated rings. The lowest BCUT2D eigenvalue weighted by Crippen LogP contribution is -2.29. The van der Waals surface area contributed by atoms with Crippen LogP contribution in [0.2, 0.25) is 0 Å². The normalized spacial score (nSPS) is 16.2. The SMILES string of the molecule is COc1ccc(-c2c3c(c(-c4ccc(OC)cc4)c4nsnc24)C2c4cc5nsnc5cc4C3c3cc4nsnc4cc32)cc1. The van der Waals surface area contributed by atoms with Crippen LogP contribution in [0.4, 0.5) is 0 Å². The quantitative estimate of drug-likeness (QED) is 0.191. The van der Waals surface area contributed by atoms with Crippen LogP contribution >= 0.6 is 35.2 Å². The first-order chi connectivity index (χ1) is 22.2. The summed E-state index contributed by atoms with van der Waals surface area (Å²) in [6.07, 6.45) is 0. The molecule has 3 aliphatic rings. The zero-order chi connectivity index (χ0) is 29.8. The van der Waals surface area contributed by atoms with Crippen LogP contribution in [-0.2, 0) is 0 Å². The van der Waals surface area contributed by atoms with Gasteiger partial charge in [0.2, 0.25) is 0 Å². The number of methoxy groups -OCH3 is 2. The molecule has 2 bridgehead atoms. The largest absolute Gasteiger partial charge is 0.497 e. The molecule has 3 aliphatic carbocycles. The molecule has 0 saturated carbocycles. The second kappa shape index (κ2) is 9.33. The molecular formula is C34H20N6O2S3. The average molecular weight is 641 g/mol. The predicted octanol–water partition coefficient (Wildman–Crippen LogP) is 8.04. The van der Waals surface area contributed by atoms with E-state index in [1.807, 2.05) is 24.3 Å². The Balaban J connectivity index is 1.39. The Morgan fingerprint density at radius 1 is 0.467 bits per heavy atom. The zero-order valence-electron chi connectivity index (χ0n) is 23.8. The smallest absolute Gasteiger partial charge is 0.118 e. The molecule has 0 saturated heterocycles. The fourth-order valence-corrected chi connectivity index (χ4v) is 9.00. The van der Waals surface area contributed by atoms with Crippen LogP contribution in [0.3, 0.4) is 0 Å². The third kappa shape index (κ3) is 3.45. The first kappa shape index (κ1) is 25.5. The standard InChI is InChI=1S/C34H20N6O2S3/c1-41-17-7-3-15(4-8-17)27-31-29-19-11-23-25(37-43-35-23)13-21(19)30(22-14-26-24(12-20(22)29)36-44-38-26)32(31)28(34-33(27)39-45-40-34)16-5-9-18(42-2)10-6-16/h3-14,29-30H,1-2H3. The predicted molar refractivity (Wildman–Crippen MR) is 178 cm³/mol. The molecule has 8 nitrogen and oxygen atoms in total. The Hall–Kier alpha value is -4.84. The van der Waals surface area contributed by atoms with Gasteiger partial charge >= 0.3 is 0 Å². The van der Waals surface area contributed by atoms with Gasteiger partial charge in [-0.2, -0.15) is 26.2 Å². The maximum absolute atomic E-state index is 5.53. The molecule has 11 rings (SSSR count). The van der Waals surface area contributed by atoms with Crippen molar-refractivity contribution in [2.75, 3.05) is 14.2 Å². The highest BCUT2D eigenvalue weighted by Crippen LogP contribution is 2.62. The van der Waals surface area contributed by atoms with Crippen molar-refractivity contribution in [3.8, 4) is 33.8 Å². The Morgan fingerprint density at radius 3 is 1.13 bits per heavy atom. The van der Waals surface area contributed by atoms with E-state index in [4.69, 9.17) is 18.2 Å². The minimum atomic E-state index is -0.0765. The molecule has 0 spiro atoms. The van der Waals surface area contributed by atoms with Gasteiger partial charge in [-0.05, 0) is 93.0 Å². The average Bonchev–Trinajstić information content (AvgIpc) is 3.86. The Morgan fingerprint density at radius 2 is 0.800 bits per heavy atom. The van der Waals surface area contributed by atoms with Gasteiger partial charge in [-0.15, -0.1) is 0 Å². The summed E-state index contributed by atoms with van der Waals surface area (Å²) in [5, 5.41) is 0. The van der Waals surface area contributed by atoms with E-state index in [1.54, 1.807) is 14.2 Å². The number of ether oxygens (including phenoxy) is 2. The van der Waals surface area contributed by atoms with E-state index in [-0.39, 0.29) is 11.8 Å². The van der Waals surface area contributed by atoms with E-state index in [9.17, 15) is 0 Å². The molecule has 0 amide bonds. The van der Waals surface area contributed by atoms with Gasteiger partial charge in [0, 0.05) is 23.0 Å². The number of aromatic nitrogens is 6. The maximum Gasteiger partial charge on any atom is 0.118 e. The topological polar surface area (TPSA) is 95.8 Å². The molecule has 0 N–H and O–H groups in total. The fourth-order valence-electron chi connectivity index (χ4n) is 7.43. The lowest BCUT2D eigenvalue weighted by molar-refractivity contribution is 0.415. The number of fused-ring (bicyclic) bond motifs is 3. The summed E-state index contributed by atoms with van der Waals surface area (Å²) >= 11 is 3.77. The van der Waals surface area contributed by atoms with E-state index in [0.29, 0.717) is 0 Å². The van der Waals surface area contributed by atoms with Gasteiger partial charge in [0.25, 0.3) is 0 Å². The highest BCUT2D eigenvalue weighted by Gasteiger charge is 2.46. The van der Waals surface area contributed by atoms with Crippen LogP contribution in [0.1, 0.15) is 45.2 Å². The maximum atomic E-state index is 5.53. The molecule has 5 aromatic carbocycles. The van der Waals surface area contributed by atoms with Gasteiger partial charge < -0.3 is 9.47 Å². The summed E-state index contributed by atoms with van der Waals surface area (Å²) in [7, 11) is 3.38. The van der Waals surface area contributed by atoms with E-state index in [2.05, 4.69) is 66.0 Å². The molecule has 0 aliphatic heterocycles. The lowest BCUT2D eigenvalue weighted by atomic mass is 9.58. The first-order valence-electron chi connectivity index (χ1n) is 14.3. The second-order valence-corrected chi connectivity index (χ2v) is 12.9. The van der Waals surface area contributed by atoms with E-state index < -0.39 is 0 Å². The molecule has 0 unspecified atom stereocenters. The van der Waals surface area contributed by atoms with Crippen molar-refractivity contribution >= 4 is 68.3 Å². The minimum Gasteiger partial charge on any atom is -0.497 e. The van der Waals surface area contributed by atoms with Gasteiger partial charge in [-0.25, -0.2) is 0 Å². The van der Waals surface area contributed by atoms with Crippen molar-refractivity contribution in [3.05, 3.63) is 106 Å². The second-order valence-electron chi connectivity index (χ2n) is 11.3. The van der Waals surface area contributed by atoms with E-state index in [1.165, 1.54) is 68.6 Å². The monoisotopic (exact) mass is 640 g/mol. The summed E-state index contributed by atoms with van der Waals surface area (Å²) in [5.41, 5.74) is 17.4. The molecular weight excluding hydrogens is 621 g/mol. The summed E-state index contributed by atoms with van der Waals surface area (Å²) in [4.78, 5) is 0. The highest BCUT2D eigenvalue weighted by molar-refractivity contribution is 7.00. The van der Waals surface area contributed by atoms with Crippen LogP contribution in [0.15, 0.2) is 72.8 Å². The minimum absolute atomic E-state index is 0.0765. The summed E-state index contributed by atoms with van der Waals surface area (Å²) < 4.78 is 39.6. The first-order valence-corrected chi connectivity index (χ1v) is 16.5. The van der Waals surface area contributed by atoms with Gasteiger partial charge in [-0.1, -0.05) is 24.3 Å². The van der Waals surface area contributed by atoms with Gasteiger partial charge in [0.05, 0.1) is 49.4 Å². The summed E-state index contributed by atoms with van der Waals surface area (Å²) in [6.45, 7) is 0. The van der Waals surface area contributed by atoms with Gasteiger partial charge in [0.1, 0.15) is 44.6 Å². The number of benzene rings is 5. The van der Waals surface area contributed by atoms with Crippen molar-refractivity contribution in [2.24, 2.45) is 0 Å². The van der Waals surface area contributed by atoms with Crippen molar-refractivity contribution in [2.45, 2.75) is 11.8 Å². The third-order valence-corrected chi connectivity index (χ3v) is 10.9. The Bertz CT molecular complexity index is 2240. The molecule has 0 atom stereocenters. The fraction of sp³-hybridized carbons (Fsp3) is 0.118. The summed E-state index contributed by atoms with van der Waals surface area (Å²) in [5.74, 6) is 1.47. The molecule has 0 radical (unpaired) electrons. The van der Waals surface area contributed by atoms with Crippen LogP contribution in [-0.4, -0.2) is 40.5 Å². The molecule has 3 heterocycles. The van der Waals surface area contributed by atoms with Gasteiger partial charge in [0.15, 0.2) is 0 Å². The van der Waals surface area contributed by atoms with Crippen molar-refractivity contribution in [1.82, 2.24) is 26.2 Å². The number of rotatable bonds is 4. The Labute approximate surface area is 268 Å². The highest BCUT2D eigenvalue weighted by atomic mass is 32.1. The molecule has 11 heteroatoms. The Kier molecular flexibility index (Phi) is 5.29. The number of hydrogen-bond donors (Lipinski definition) is 0. The number of nitrogens with zero attached hydrogens (tertiary/aromatic N) is 6. The third-order valence-electron chi connectivity index (χ3n) is 9.29. The lowest BCUT2D eigenvalue weighted by Gasteiger charge is -2.44. The molecule has 3 aromatic heterocycles. The number of hydrogen-bond acceptors (Lipinski definition) is 11. The molecule has 45 heavy (non-hydrogen) atoms. The van der Waals surface area contributed by atoms with Crippen LogP contribution < -0.4 is 9.47 Å². The molecule has 216 valence electrons.